The van der Waals surface area contributed by atoms with Crippen molar-refractivity contribution in [2.45, 2.75) is 32.9 Å². The van der Waals surface area contributed by atoms with E-state index in [9.17, 15) is 4.79 Å². The van der Waals surface area contributed by atoms with Crippen molar-refractivity contribution in [2.24, 2.45) is 0 Å². The van der Waals surface area contributed by atoms with Crippen LogP contribution in [0.25, 0.3) is 22.4 Å². The fraction of sp³-hybridized carbons (Fsp3) is 0.250. The van der Waals surface area contributed by atoms with Crippen molar-refractivity contribution in [2.75, 3.05) is 6.54 Å². The molecule has 0 amide bonds. The Hall–Kier alpha value is -3.38. The summed E-state index contributed by atoms with van der Waals surface area (Å²) in [4.78, 5) is 28.7. The third-order valence-electron chi connectivity index (χ3n) is 5.64. The highest BCUT2D eigenvalue weighted by Gasteiger charge is 2.20. The molecular formula is C24H22N4O2. The summed E-state index contributed by atoms with van der Waals surface area (Å²) in [5, 5.41) is 0.661. The highest BCUT2D eigenvalue weighted by molar-refractivity contribution is 5.77. The highest BCUT2D eigenvalue weighted by atomic mass is 16.3. The average Bonchev–Trinajstić information content (AvgIpc) is 2.81. The fourth-order valence-electron chi connectivity index (χ4n) is 3.93. The molecule has 0 spiro atoms. The van der Waals surface area contributed by atoms with E-state index in [4.69, 9.17) is 9.40 Å². The van der Waals surface area contributed by atoms with E-state index in [2.05, 4.69) is 21.8 Å². The molecule has 1 aliphatic rings. The lowest BCUT2D eigenvalue weighted by Gasteiger charge is -2.27. The molecule has 0 atom stereocenters. The average molecular weight is 398 g/mol. The molecule has 3 aromatic heterocycles. The van der Waals surface area contributed by atoms with Crippen molar-refractivity contribution in [3.8, 4) is 11.4 Å². The van der Waals surface area contributed by atoms with Crippen LogP contribution in [-0.4, -0.2) is 26.4 Å². The van der Waals surface area contributed by atoms with Crippen LogP contribution < -0.4 is 5.43 Å². The molecule has 1 aromatic carbocycles. The quantitative estimate of drug-likeness (QED) is 0.521. The van der Waals surface area contributed by atoms with Crippen LogP contribution in [0.1, 0.15) is 29.3 Å². The van der Waals surface area contributed by atoms with Crippen LogP contribution >= 0.6 is 0 Å². The van der Waals surface area contributed by atoms with Crippen molar-refractivity contribution in [1.29, 1.82) is 0 Å². The third-order valence-corrected chi connectivity index (χ3v) is 5.64. The molecule has 6 heteroatoms. The Morgan fingerprint density at radius 1 is 1.20 bits per heavy atom. The minimum atomic E-state index is 0.0560. The molecule has 0 radical (unpaired) electrons. The number of hydrogen-bond acceptors (Lipinski definition) is 6. The number of hydrogen-bond donors (Lipinski definition) is 0. The highest BCUT2D eigenvalue weighted by Crippen LogP contribution is 2.22. The van der Waals surface area contributed by atoms with E-state index in [0.29, 0.717) is 28.9 Å². The zero-order chi connectivity index (χ0) is 20.5. The van der Waals surface area contributed by atoms with Crippen molar-refractivity contribution >= 4 is 11.0 Å². The van der Waals surface area contributed by atoms with Crippen molar-refractivity contribution in [1.82, 2.24) is 19.9 Å². The minimum Gasteiger partial charge on any atom is -0.464 e. The number of aromatic nitrogens is 3. The first kappa shape index (κ1) is 18.6. The third kappa shape index (κ3) is 3.50. The molecule has 0 unspecified atom stereocenters. The van der Waals surface area contributed by atoms with Crippen molar-refractivity contribution < 1.29 is 4.42 Å². The summed E-state index contributed by atoms with van der Waals surface area (Å²) >= 11 is 0. The second kappa shape index (κ2) is 7.80. The van der Waals surface area contributed by atoms with E-state index in [1.54, 1.807) is 18.7 Å². The SMILES string of the molecule is CCc1ccc2occ(CN3CCc4nc(-c5cccnc5)ncc4C3)c(=O)c2c1. The van der Waals surface area contributed by atoms with Gasteiger partial charge in [0.2, 0.25) is 0 Å². The molecule has 0 fully saturated rings. The monoisotopic (exact) mass is 398 g/mol. The topological polar surface area (TPSA) is 72.1 Å². The summed E-state index contributed by atoms with van der Waals surface area (Å²) in [6.45, 7) is 4.19. The van der Waals surface area contributed by atoms with Gasteiger partial charge < -0.3 is 4.42 Å². The Kier molecular flexibility index (Phi) is 4.85. The van der Waals surface area contributed by atoms with Gasteiger partial charge in [-0.15, -0.1) is 0 Å². The fourth-order valence-corrected chi connectivity index (χ4v) is 3.93. The predicted octanol–water partition coefficient (Wildman–Crippen LogP) is 3.77. The van der Waals surface area contributed by atoms with Gasteiger partial charge in [0.05, 0.1) is 17.3 Å². The molecular weight excluding hydrogens is 376 g/mol. The van der Waals surface area contributed by atoms with Crippen LogP contribution in [0.5, 0.6) is 0 Å². The normalized spacial score (nSPS) is 14.0. The number of aryl methyl sites for hydroxylation is 1. The molecule has 5 rings (SSSR count). The summed E-state index contributed by atoms with van der Waals surface area (Å²) in [6.07, 6.45) is 8.74. The van der Waals surface area contributed by atoms with Crippen LogP contribution in [0.4, 0.5) is 0 Å². The van der Waals surface area contributed by atoms with Crippen molar-refractivity contribution in [3.63, 3.8) is 0 Å². The molecule has 4 heterocycles. The summed E-state index contributed by atoms with van der Waals surface area (Å²) in [6, 6.07) is 9.69. The molecule has 150 valence electrons. The zero-order valence-corrected chi connectivity index (χ0v) is 16.8. The Morgan fingerprint density at radius 3 is 2.97 bits per heavy atom. The predicted molar refractivity (Wildman–Crippen MR) is 115 cm³/mol. The Labute approximate surface area is 174 Å². The van der Waals surface area contributed by atoms with E-state index >= 15 is 0 Å². The van der Waals surface area contributed by atoms with E-state index in [-0.39, 0.29) is 5.43 Å². The number of rotatable bonds is 4. The second-order valence-corrected chi connectivity index (χ2v) is 7.64. The molecule has 1 aliphatic heterocycles. The maximum atomic E-state index is 13.0. The van der Waals surface area contributed by atoms with Crippen molar-refractivity contribution in [3.05, 3.63) is 87.8 Å². The lowest BCUT2D eigenvalue weighted by Crippen LogP contribution is -2.32. The summed E-state index contributed by atoms with van der Waals surface area (Å²) in [5.41, 5.74) is 5.61. The number of pyridine rings is 1. The van der Waals surface area contributed by atoms with Gasteiger partial charge in [0, 0.05) is 61.3 Å². The molecule has 0 aliphatic carbocycles. The van der Waals surface area contributed by atoms with Gasteiger partial charge in [-0.3, -0.25) is 14.7 Å². The van der Waals surface area contributed by atoms with Crippen LogP contribution in [0, 0.1) is 0 Å². The molecule has 0 N–H and O–H groups in total. The van der Waals surface area contributed by atoms with Gasteiger partial charge in [0.1, 0.15) is 5.58 Å². The molecule has 0 saturated carbocycles. The molecule has 30 heavy (non-hydrogen) atoms. The number of benzene rings is 1. The van der Waals surface area contributed by atoms with Crippen LogP contribution in [0.15, 0.2) is 64.4 Å². The van der Waals surface area contributed by atoms with Gasteiger partial charge in [0.25, 0.3) is 0 Å². The van der Waals surface area contributed by atoms with Gasteiger partial charge in [-0.2, -0.15) is 0 Å². The summed E-state index contributed by atoms with van der Waals surface area (Å²) in [7, 11) is 0. The number of fused-ring (bicyclic) bond motifs is 2. The molecule has 4 aromatic rings. The van der Waals surface area contributed by atoms with Gasteiger partial charge >= 0.3 is 0 Å². The number of nitrogens with zero attached hydrogens (tertiary/aromatic N) is 4. The maximum Gasteiger partial charge on any atom is 0.197 e. The first-order chi connectivity index (χ1) is 14.7. The Morgan fingerprint density at radius 2 is 2.13 bits per heavy atom. The molecule has 0 bridgehead atoms. The van der Waals surface area contributed by atoms with E-state index in [0.717, 1.165) is 48.3 Å². The summed E-state index contributed by atoms with van der Waals surface area (Å²) in [5.74, 6) is 0.706. The second-order valence-electron chi connectivity index (χ2n) is 7.64. The maximum absolute atomic E-state index is 13.0. The van der Waals surface area contributed by atoms with Gasteiger partial charge in [0.15, 0.2) is 11.3 Å². The van der Waals surface area contributed by atoms with E-state index in [1.807, 2.05) is 36.5 Å². The van der Waals surface area contributed by atoms with Gasteiger partial charge in [-0.05, 0) is 36.2 Å². The minimum absolute atomic E-state index is 0.0560. The largest absolute Gasteiger partial charge is 0.464 e. The van der Waals surface area contributed by atoms with Gasteiger partial charge in [-0.25, -0.2) is 9.97 Å². The lowest BCUT2D eigenvalue weighted by molar-refractivity contribution is 0.240. The standard InChI is InChI=1S/C24H22N4O2/c1-2-16-5-6-22-20(10-16)23(29)19(15-30-22)14-28-9-7-21-18(13-28)12-26-24(27-21)17-4-3-8-25-11-17/h3-6,8,10-12,15H,2,7,9,13-14H2,1H3. The molecule has 6 nitrogen and oxygen atoms in total. The Bertz CT molecular complexity index is 1270. The van der Waals surface area contributed by atoms with Crippen LogP contribution in [-0.2, 0) is 25.9 Å². The smallest absolute Gasteiger partial charge is 0.197 e. The Balaban J connectivity index is 1.38. The zero-order valence-electron chi connectivity index (χ0n) is 16.8. The first-order valence-corrected chi connectivity index (χ1v) is 10.2. The first-order valence-electron chi connectivity index (χ1n) is 10.2. The van der Waals surface area contributed by atoms with E-state index in [1.165, 1.54) is 0 Å². The van der Waals surface area contributed by atoms with Crippen LogP contribution in [0.2, 0.25) is 0 Å². The van der Waals surface area contributed by atoms with Crippen LogP contribution in [0.3, 0.4) is 0 Å². The summed E-state index contributed by atoms with van der Waals surface area (Å²) < 4.78 is 5.74. The van der Waals surface area contributed by atoms with Gasteiger partial charge in [-0.1, -0.05) is 13.0 Å². The van der Waals surface area contributed by atoms with E-state index < -0.39 is 0 Å². The molecule has 0 saturated heterocycles. The lowest BCUT2D eigenvalue weighted by atomic mass is 10.0.